The van der Waals surface area contributed by atoms with Gasteiger partial charge in [-0.15, -0.1) is 0 Å². The molecule has 1 aromatic carbocycles. The molecule has 5 heteroatoms. The van der Waals surface area contributed by atoms with Gasteiger partial charge in [-0.2, -0.15) is 0 Å². The Hall–Kier alpha value is -1.56. The summed E-state index contributed by atoms with van der Waals surface area (Å²) in [6.45, 7) is 4.81. The van der Waals surface area contributed by atoms with Crippen LogP contribution in [0.1, 0.15) is 37.7 Å². The Morgan fingerprint density at radius 1 is 1.21 bits per heavy atom. The van der Waals surface area contributed by atoms with Crippen molar-refractivity contribution in [3.05, 3.63) is 53.0 Å². The molecule has 28 heavy (non-hydrogen) atoms. The van der Waals surface area contributed by atoms with E-state index in [1.807, 2.05) is 11.8 Å². The van der Waals surface area contributed by atoms with E-state index in [0.29, 0.717) is 12.6 Å². The summed E-state index contributed by atoms with van der Waals surface area (Å²) in [4.78, 5) is 17.7. The number of thioether (sulfide) groups is 1. The number of carbonyl (C=O) groups is 1. The highest BCUT2D eigenvalue weighted by Crippen LogP contribution is 2.34. The lowest BCUT2D eigenvalue weighted by Gasteiger charge is -2.37. The second-order valence-corrected chi connectivity index (χ2v) is 9.05. The quantitative estimate of drug-likeness (QED) is 0.797. The van der Waals surface area contributed by atoms with Gasteiger partial charge in [0.05, 0.1) is 5.92 Å². The van der Waals surface area contributed by atoms with Crippen LogP contribution in [0.4, 0.5) is 0 Å². The highest BCUT2D eigenvalue weighted by molar-refractivity contribution is 8.02. The minimum atomic E-state index is -0.633. The number of likely N-dealkylation sites (tertiary alicyclic amines) is 1. The molecule has 2 atom stereocenters. The van der Waals surface area contributed by atoms with Crippen molar-refractivity contribution in [2.45, 2.75) is 49.6 Å². The third kappa shape index (κ3) is 4.70. The Morgan fingerprint density at radius 2 is 2.11 bits per heavy atom. The molecule has 1 saturated heterocycles. The molecule has 0 radical (unpaired) electrons. The Labute approximate surface area is 172 Å². The molecule has 1 fully saturated rings. The first-order valence-corrected chi connectivity index (χ1v) is 11.4. The zero-order chi connectivity index (χ0) is 19.3. The Bertz CT molecular complexity index is 761. The van der Waals surface area contributed by atoms with E-state index >= 15 is 0 Å². The monoisotopic (exact) mass is 398 g/mol. The minimum Gasteiger partial charge on any atom is -0.481 e. The van der Waals surface area contributed by atoms with Crippen molar-refractivity contribution in [2.75, 3.05) is 26.2 Å². The molecular formula is C23H30N2O2S. The lowest BCUT2D eigenvalue weighted by molar-refractivity contribution is -0.143. The zero-order valence-corrected chi connectivity index (χ0v) is 17.2. The molecule has 4 nitrogen and oxygen atoms in total. The lowest BCUT2D eigenvalue weighted by atomic mass is 9.94. The van der Waals surface area contributed by atoms with Crippen molar-refractivity contribution in [2.24, 2.45) is 5.92 Å². The third-order valence-electron chi connectivity index (χ3n) is 6.19. The number of hydrogen-bond donors (Lipinski definition) is 1. The van der Waals surface area contributed by atoms with Crippen molar-refractivity contribution in [3.63, 3.8) is 0 Å². The maximum Gasteiger partial charge on any atom is 0.307 e. The molecule has 1 N–H and O–H groups in total. The molecular weight excluding hydrogens is 368 g/mol. The van der Waals surface area contributed by atoms with E-state index in [-0.39, 0.29) is 5.92 Å². The molecule has 2 heterocycles. The summed E-state index contributed by atoms with van der Waals surface area (Å²) >= 11 is 1.86. The van der Waals surface area contributed by atoms with Gasteiger partial charge in [0.2, 0.25) is 0 Å². The van der Waals surface area contributed by atoms with Crippen LogP contribution in [-0.2, 0) is 11.3 Å². The summed E-state index contributed by atoms with van der Waals surface area (Å²) in [5, 5.41) is 11.7. The van der Waals surface area contributed by atoms with Crippen LogP contribution in [0.2, 0.25) is 0 Å². The van der Waals surface area contributed by atoms with Crippen LogP contribution in [0.15, 0.2) is 52.3 Å². The highest BCUT2D eigenvalue weighted by atomic mass is 32.2. The van der Waals surface area contributed by atoms with E-state index in [2.05, 4.69) is 51.6 Å². The molecule has 0 bridgehead atoms. The Kier molecular flexibility index (Phi) is 6.55. The third-order valence-corrected chi connectivity index (χ3v) is 7.23. The van der Waals surface area contributed by atoms with Crippen LogP contribution in [0.5, 0.6) is 0 Å². The molecule has 3 aliphatic rings. The first-order valence-electron chi connectivity index (χ1n) is 10.5. The number of nitrogens with zero attached hydrogens (tertiary/aromatic N) is 2. The van der Waals surface area contributed by atoms with Gasteiger partial charge in [-0.25, -0.2) is 0 Å². The Morgan fingerprint density at radius 3 is 3.00 bits per heavy atom. The maximum atomic E-state index is 11.3. The molecule has 4 rings (SSSR count). The van der Waals surface area contributed by atoms with Crippen molar-refractivity contribution in [1.82, 2.24) is 9.80 Å². The van der Waals surface area contributed by atoms with Crippen LogP contribution in [0.3, 0.4) is 0 Å². The van der Waals surface area contributed by atoms with Crippen LogP contribution in [-0.4, -0.2) is 53.1 Å². The number of aliphatic carboxylic acids is 1. The average Bonchev–Trinajstić information content (AvgIpc) is 2.71. The van der Waals surface area contributed by atoms with E-state index in [1.165, 1.54) is 22.5 Å². The second-order valence-electron chi connectivity index (χ2n) is 8.14. The molecule has 1 unspecified atom stereocenters. The lowest BCUT2D eigenvalue weighted by Crippen LogP contribution is -2.42. The highest BCUT2D eigenvalue weighted by Gasteiger charge is 2.27. The Balaban J connectivity index is 1.42. The summed E-state index contributed by atoms with van der Waals surface area (Å²) in [5.41, 5.74) is 2.86. The molecule has 0 saturated carbocycles. The van der Waals surface area contributed by atoms with Gasteiger partial charge in [-0.1, -0.05) is 42.1 Å². The van der Waals surface area contributed by atoms with Crippen LogP contribution < -0.4 is 0 Å². The van der Waals surface area contributed by atoms with Crippen LogP contribution >= 0.6 is 11.8 Å². The summed E-state index contributed by atoms with van der Waals surface area (Å²) in [6.07, 6.45) is 9.88. The van der Waals surface area contributed by atoms with Crippen molar-refractivity contribution in [1.29, 1.82) is 0 Å². The number of hydrogen-bond acceptors (Lipinski definition) is 4. The number of allylic oxidation sites excluding steroid dienone is 1. The van der Waals surface area contributed by atoms with Gasteiger partial charge >= 0.3 is 5.97 Å². The summed E-state index contributed by atoms with van der Waals surface area (Å²) in [5.74, 6) is -0.816. The molecule has 1 aromatic rings. The van der Waals surface area contributed by atoms with Gasteiger partial charge in [0, 0.05) is 30.6 Å². The van der Waals surface area contributed by atoms with E-state index in [4.69, 9.17) is 0 Å². The fraction of sp³-hybridized carbons (Fsp3) is 0.522. The standard InChI is InChI=1S/C23H30N2O2S/c26-23(27)19-9-5-12-24(15-19)13-6-14-25-16-18-7-2-4-11-22(18)28-17-20-8-1-3-10-21(20)25/h1-2,4,7-8,11,17,19,21H,3,5-6,9-10,12-16H2,(H,26,27)/t19?,21-/m1/s1. The molecule has 0 amide bonds. The van der Waals surface area contributed by atoms with Crippen molar-refractivity contribution in [3.8, 4) is 0 Å². The van der Waals surface area contributed by atoms with Crippen LogP contribution in [0, 0.1) is 5.92 Å². The van der Waals surface area contributed by atoms with E-state index in [0.717, 1.165) is 51.9 Å². The molecule has 150 valence electrons. The normalized spacial score (nSPS) is 25.9. The number of fused-ring (bicyclic) bond motifs is 2. The first kappa shape index (κ1) is 19.7. The summed E-state index contributed by atoms with van der Waals surface area (Å²) < 4.78 is 0. The number of carboxylic acid groups (broad SMARTS) is 1. The summed E-state index contributed by atoms with van der Waals surface area (Å²) in [7, 11) is 0. The fourth-order valence-corrected chi connectivity index (χ4v) is 5.60. The maximum absolute atomic E-state index is 11.3. The average molecular weight is 399 g/mol. The molecule has 0 aromatic heterocycles. The van der Waals surface area contributed by atoms with E-state index in [9.17, 15) is 9.90 Å². The molecule has 1 aliphatic carbocycles. The van der Waals surface area contributed by atoms with Gasteiger partial charge in [-0.3, -0.25) is 9.69 Å². The van der Waals surface area contributed by atoms with E-state index in [1.54, 1.807) is 0 Å². The largest absolute Gasteiger partial charge is 0.481 e. The van der Waals surface area contributed by atoms with Crippen molar-refractivity contribution < 1.29 is 9.90 Å². The SMILES string of the molecule is O=C(O)C1CCCN(CCCN2Cc3ccccc3SC=C3C=CCC[C@H]32)C1. The van der Waals surface area contributed by atoms with Gasteiger partial charge in [0.25, 0.3) is 0 Å². The number of piperidine rings is 1. The first-order chi connectivity index (χ1) is 13.7. The van der Waals surface area contributed by atoms with Gasteiger partial charge in [-0.05, 0) is 67.8 Å². The summed E-state index contributed by atoms with van der Waals surface area (Å²) in [6, 6.07) is 9.25. The van der Waals surface area contributed by atoms with Gasteiger partial charge < -0.3 is 10.0 Å². The second kappa shape index (κ2) is 9.29. The number of carboxylic acids is 1. The zero-order valence-electron chi connectivity index (χ0n) is 16.4. The number of rotatable bonds is 5. The van der Waals surface area contributed by atoms with E-state index < -0.39 is 5.97 Å². The molecule has 2 aliphatic heterocycles. The van der Waals surface area contributed by atoms with Crippen LogP contribution in [0.25, 0.3) is 0 Å². The minimum absolute atomic E-state index is 0.183. The topological polar surface area (TPSA) is 43.8 Å². The predicted molar refractivity (Wildman–Crippen MR) is 114 cm³/mol. The van der Waals surface area contributed by atoms with Crippen molar-refractivity contribution >= 4 is 17.7 Å². The predicted octanol–water partition coefficient (Wildman–Crippen LogP) is 4.38. The smallest absolute Gasteiger partial charge is 0.307 e. The fourth-order valence-electron chi connectivity index (χ4n) is 4.66. The number of benzene rings is 1. The van der Waals surface area contributed by atoms with Gasteiger partial charge in [0.1, 0.15) is 0 Å². The molecule has 0 spiro atoms. The van der Waals surface area contributed by atoms with Gasteiger partial charge in [0.15, 0.2) is 0 Å².